The second-order valence-corrected chi connectivity index (χ2v) is 6.13. The third kappa shape index (κ3) is 2.63. The Morgan fingerprint density at radius 1 is 1.31 bits per heavy atom. The van der Waals surface area contributed by atoms with Crippen LogP contribution in [-0.4, -0.2) is 34.8 Å². The van der Waals surface area contributed by atoms with Gasteiger partial charge in [0.1, 0.15) is 16.9 Å². The Hall–Kier alpha value is -3.47. The highest BCUT2D eigenvalue weighted by Crippen LogP contribution is 2.34. The van der Waals surface area contributed by atoms with E-state index in [9.17, 15) is 9.18 Å². The molecule has 11 heteroatoms. The van der Waals surface area contributed by atoms with Crippen LogP contribution in [0, 0.1) is 12.7 Å². The molecule has 0 fully saturated rings. The van der Waals surface area contributed by atoms with Crippen LogP contribution in [0.1, 0.15) is 16.1 Å². The van der Waals surface area contributed by atoms with Crippen molar-refractivity contribution < 1.29 is 9.18 Å². The lowest BCUT2D eigenvalue weighted by molar-refractivity contribution is 0.102. The van der Waals surface area contributed by atoms with Gasteiger partial charge in [-0.25, -0.2) is 23.9 Å². The zero-order chi connectivity index (χ0) is 18.3. The molecule has 0 saturated heterocycles. The lowest BCUT2D eigenvalue weighted by Gasteiger charge is -2.06. The zero-order valence-corrected chi connectivity index (χ0v) is 14.2. The maximum atomic E-state index is 13.3. The lowest BCUT2D eigenvalue weighted by atomic mass is 10.1. The standard InChI is InChI=1S/C15H11FN8OS/c1-7-10(8-2-18-6-19-3-8)15(26-23-7)21-14(25)11-12(17)22-24-5-9(16)4-20-13(11)24/h2-6H,1H3,(H2,17,22)(H,21,25). The second-order valence-electron chi connectivity index (χ2n) is 5.35. The van der Waals surface area contributed by atoms with E-state index in [1.165, 1.54) is 6.33 Å². The van der Waals surface area contributed by atoms with E-state index in [2.05, 4.69) is 29.7 Å². The minimum Gasteiger partial charge on any atom is -0.381 e. The van der Waals surface area contributed by atoms with Gasteiger partial charge in [-0.1, -0.05) is 0 Å². The molecule has 0 aliphatic carbocycles. The predicted octanol–water partition coefficient (Wildman–Crippen LogP) is 1.92. The number of hydrogen-bond donors (Lipinski definition) is 2. The highest BCUT2D eigenvalue weighted by atomic mass is 32.1. The average molecular weight is 370 g/mol. The van der Waals surface area contributed by atoms with Crippen molar-refractivity contribution in [2.24, 2.45) is 0 Å². The van der Waals surface area contributed by atoms with Crippen LogP contribution >= 0.6 is 11.5 Å². The van der Waals surface area contributed by atoms with Crippen LogP contribution in [-0.2, 0) is 0 Å². The van der Waals surface area contributed by atoms with E-state index in [0.717, 1.165) is 45.3 Å². The van der Waals surface area contributed by atoms with E-state index >= 15 is 0 Å². The molecule has 9 nitrogen and oxygen atoms in total. The van der Waals surface area contributed by atoms with Crippen molar-refractivity contribution in [3.05, 3.63) is 48.2 Å². The number of nitrogens with two attached hydrogens (primary N) is 1. The SMILES string of the molecule is Cc1nsc(NC(=O)c2c(N)nn3cc(F)cnc23)c1-c1cncnc1. The predicted molar refractivity (Wildman–Crippen MR) is 93.2 cm³/mol. The van der Waals surface area contributed by atoms with Crippen molar-refractivity contribution >= 4 is 33.9 Å². The summed E-state index contributed by atoms with van der Waals surface area (Å²) in [6.45, 7) is 1.82. The third-order valence-corrected chi connectivity index (χ3v) is 4.49. The fourth-order valence-electron chi connectivity index (χ4n) is 2.54. The Bertz CT molecular complexity index is 1120. The van der Waals surface area contributed by atoms with Gasteiger partial charge in [0.05, 0.1) is 18.1 Å². The number of nitrogens with one attached hydrogen (secondary N) is 1. The Labute approximate surface area is 149 Å². The van der Waals surface area contributed by atoms with Gasteiger partial charge in [0, 0.05) is 23.5 Å². The number of halogens is 1. The first-order chi connectivity index (χ1) is 12.5. The monoisotopic (exact) mass is 370 g/mol. The molecule has 3 N–H and O–H groups in total. The van der Waals surface area contributed by atoms with E-state index in [1.54, 1.807) is 12.4 Å². The molecule has 1 amide bonds. The zero-order valence-electron chi connectivity index (χ0n) is 13.3. The fourth-order valence-corrected chi connectivity index (χ4v) is 3.35. The van der Waals surface area contributed by atoms with Crippen molar-refractivity contribution in [1.82, 2.24) is 28.9 Å². The topological polar surface area (TPSA) is 124 Å². The molecule has 0 atom stereocenters. The molecule has 0 bridgehead atoms. The molecule has 4 rings (SSSR count). The summed E-state index contributed by atoms with van der Waals surface area (Å²) in [5.41, 5.74) is 8.22. The molecule has 4 heterocycles. The van der Waals surface area contributed by atoms with Gasteiger partial charge in [-0.3, -0.25) is 4.79 Å². The fraction of sp³-hybridized carbons (Fsp3) is 0.0667. The summed E-state index contributed by atoms with van der Waals surface area (Å²) in [5.74, 6) is -1.15. The number of nitrogen functional groups attached to an aromatic ring is 1. The van der Waals surface area contributed by atoms with Crippen LogP contribution in [0.5, 0.6) is 0 Å². The van der Waals surface area contributed by atoms with Crippen molar-refractivity contribution in [2.75, 3.05) is 11.1 Å². The van der Waals surface area contributed by atoms with Gasteiger partial charge in [0.15, 0.2) is 17.3 Å². The van der Waals surface area contributed by atoms with E-state index in [1.807, 2.05) is 6.92 Å². The maximum absolute atomic E-state index is 13.3. The first-order valence-electron chi connectivity index (χ1n) is 7.37. The summed E-state index contributed by atoms with van der Waals surface area (Å²) in [5, 5.41) is 7.21. The van der Waals surface area contributed by atoms with Crippen LogP contribution < -0.4 is 11.1 Å². The minimum atomic E-state index is -0.587. The van der Waals surface area contributed by atoms with E-state index in [4.69, 9.17) is 5.73 Å². The first kappa shape index (κ1) is 16.0. The molecule has 130 valence electrons. The second kappa shape index (κ2) is 6.11. The van der Waals surface area contributed by atoms with Gasteiger partial charge in [-0.15, -0.1) is 5.10 Å². The van der Waals surface area contributed by atoms with Gasteiger partial charge in [-0.05, 0) is 18.5 Å². The quantitative estimate of drug-likeness (QED) is 0.564. The number of aromatic nitrogens is 6. The smallest absolute Gasteiger partial charge is 0.264 e. The molecule has 0 aliphatic rings. The number of aryl methyl sites for hydroxylation is 1. The number of anilines is 2. The highest BCUT2D eigenvalue weighted by Gasteiger charge is 2.22. The number of hydrogen-bond acceptors (Lipinski definition) is 8. The number of fused-ring (bicyclic) bond motifs is 1. The van der Waals surface area contributed by atoms with Crippen LogP contribution in [0.2, 0.25) is 0 Å². The number of carbonyl (C=O) groups excluding carboxylic acids is 1. The number of nitrogens with zero attached hydrogens (tertiary/aromatic N) is 6. The van der Waals surface area contributed by atoms with Crippen molar-refractivity contribution in [3.8, 4) is 11.1 Å². The minimum absolute atomic E-state index is 0.0496. The molecule has 4 aromatic rings. The van der Waals surface area contributed by atoms with E-state index in [0.29, 0.717) is 5.00 Å². The Morgan fingerprint density at radius 3 is 2.85 bits per heavy atom. The van der Waals surface area contributed by atoms with Gasteiger partial charge in [-0.2, -0.15) is 4.37 Å². The molecule has 0 aromatic carbocycles. The summed E-state index contributed by atoms with van der Waals surface area (Å²) >= 11 is 1.12. The van der Waals surface area contributed by atoms with Crippen molar-refractivity contribution in [1.29, 1.82) is 0 Å². The number of amides is 1. The van der Waals surface area contributed by atoms with Crippen LogP contribution in [0.3, 0.4) is 0 Å². The summed E-state index contributed by atoms with van der Waals surface area (Å²) in [6, 6.07) is 0. The molecule has 0 unspecified atom stereocenters. The Kier molecular flexibility index (Phi) is 3.77. The lowest BCUT2D eigenvalue weighted by Crippen LogP contribution is -2.13. The molecule has 4 aromatic heterocycles. The van der Waals surface area contributed by atoms with Gasteiger partial charge in [0.25, 0.3) is 5.91 Å². The van der Waals surface area contributed by atoms with Crippen molar-refractivity contribution in [2.45, 2.75) is 6.92 Å². The van der Waals surface area contributed by atoms with E-state index in [-0.39, 0.29) is 17.0 Å². The maximum Gasteiger partial charge on any atom is 0.264 e. The highest BCUT2D eigenvalue weighted by molar-refractivity contribution is 7.11. The molecular formula is C15H11FN8OS. The normalized spacial score (nSPS) is 11.0. The number of rotatable bonds is 3. The Balaban J connectivity index is 1.74. The molecule has 0 radical (unpaired) electrons. The van der Waals surface area contributed by atoms with Gasteiger partial charge in [0.2, 0.25) is 0 Å². The Morgan fingerprint density at radius 2 is 2.08 bits per heavy atom. The average Bonchev–Trinajstić information content (AvgIpc) is 3.14. The van der Waals surface area contributed by atoms with Gasteiger partial charge < -0.3 is 11.1 Å². The summed E-state index contributed by atoms with van der Waals surface area (Å²) < 4.78 is 18.7. The van der Waals surface area contributed by atoms with Crippen molar-refractivity contribution in [3.63, 3.8) is 0 Å². The van der Waals surface area contributed by atoms with Crippen LogP contribution in [0.25, 0.3) is 16.8 Å². The van der Waals surface area contributed by atoms with E-state index < -0.39 is 11.7 Å². The molecular weight excluding hydrogens is 359 g/mol. The summed E-state index contributed by atoms with van der Waals surface area (Å²) in [7, 11) is 0. The van der Waals surface area contributed by atoms with Gasteiger partial charge >= 0.3 is 0 Å². The molecule has 0 aliphatic heterocycles. The molecule has 26 heavy (non-hydrogen) atoms. The van der Waals surface area contributed by atoms with Crippen LogP contribution in [0.15, 0.2) is 31.1 Å². The number of carbonyl (C=O) groups is 1. The third-order valence-electron chi connectivity index (χ3n) is 3.63. The first-order valence-corrected chi connectivity index (χ1v) is 8.14. The molecule has 0 spiro atoms. The largest absolute Gasteiger partial charge is 0.381 e. The summed E-state index contributed by atoms with van der Waals surface area (Å²) in [6.07, 6.45) is 6.78. The summed E-state index contributed by atoms with van der Waals surface area (Å²) in [4.78, 5) is 24.6. The van der Waals surface area contributed by atoms with Crippen LogP contribution in [0.4, 0.5) is 15.2 Å². The molecule has 0 saturated carbocycles.